The van der Waals surface area contributed by atoms with Crippen molar-refractivity contribution in [3.05, 3.63) is 299 Å². The highest BCUT2D eigenvalue weighted by molar-refractivity contribution is 5.94. The number of methoxy groups -OCH3 is 1. The number of aryl methyl sites for hydroxylation is 9. The zero-order valence-electron chi connectivity index (χ0n) is 60.8. The number of rotatable bonds is 30. The van der Waals surface area contributed by atoms with Crippen LogP contribution < -0.4 is 21.9 Å². The molecule has 564 valence electrons. The Labute approximate surface area is 635 Å². The number of nitrogens with one attached hydrogen (secondary N) is 4. The van der Waals surface area contributed by atoms with Crippen LogP contribution >= 0.6 is 0 Å². The van der Waals surface area contributed by atoms with E-state index in [4.69, 9.17) is 40.5 Å². The Kier molecular flexibility index (Phi) is 30.5. The predicted octanol–water partition coefficient (Wildman–Crippen LogP) is 11.9. The van der Waals surface area contributed by atoms with Crippen molar-refractivity contribution in [1.29, 1.82) is 0 Å². The first-order valence-corrected chi connectivity index (χ1v) is 36.0. The third-order valence-corrected chi connectivity index (χ3v) is 17.7. The average molecular weight is 1480 g/mol. The van der Waals surface area contributed by atoms with Gasteiger partial charge in [-0.15, -0.1) is 0 Å². The molecule has 13 rings (SSSR count). The van der Waals surface area contributed by atoms with E-state index in [1.165, 1.54) is 41.0 Å². The van der Waals surface area contributed by atoms with Crippen molar-refractivity contribution < 1.29 is 55.0 Å². The number of benzene rings is 7. The number of hydrogen-bond donors (Lipinski definition) is 10. The molecule has 0 spiro atoms. The Morgan fingerprint density at radius 3 is 1.09 bits per heavy atom. The van der Waals surface area contributed by atoms with Crippen molar-refractivity contribution in [2.45, 2.75) is 84.0 Å². The molecule has 0 fully saturated rings. The van der Waals surface area contributed by atoms with E-state index < -0.39 is 23.6 Å². The number of aliphatic hydroxyl groups is 2. The Morgan fingerprint density at radius 1 is 0.382 bits per heavy atom. The summed E-state index contributed by atoms with van der Waals surface area (Å²) in [5, 5.41) is 52.8. The molecule has 0 atom stereocenters. The van der Waals surface area contributed by atoms with Crippen LogP contribution in [0.4, 0.5) is 0 Å². The largest absolute Gasteiger partial charge is 0.396 e. The minimum atomic E-state index is -0.595. The number of imidazole rings is 4. The summed E-state index contributed by atoms with van der Waals surface area (Å²) in [4.78, 5) is 72.7. The van der Waals surface area contributed by atoms with Gasteiger partial charge in [0.1, 0.15) is 23.2 Å². The zero-order valence-corrected chi connectivity index (χ0v) is 60.8. The smallest absolute Gasteiger partial charge is 0.267 e. The fraction of sp³-hybridized carbons (Fsp3) is 0.200. The Bertz CT molecular complexity index is 5260. The van der Waals surface area contributed by atoms with Crippen LogP contribution in [0.15, 0.2) is 237 Å². The number of amides is 4. The SMILES string of the molecule is COCCCn1c(CCc2ccccc2)nc2cc(/C=C/C(=O)NO)ccc21.O=C(/C=C/c1ccc2c(c1)nc(-c1ccccn1)n2CCCO)NO.O=C(/C=C/c1ccc2c(c1)nc(CCc1ccccc1)n2CCCO)NO.O=C(/C=C/c1ccc2c(c1)nc(CCc1ccccc1)n2Cc1ccccn1)NO. The Balaban J connectivity index is 0.000000156. The first kappa shape index (κ1) is 79.8. The summed E-state index contributed by atoms with van der Waals surface area (Å²) in [5.41, 5.74) is 22.6. The molecular formula is C85H88N14O11. The van der Waals surface area contributed by atoms with E-state index in [2.05, 4.69) is 77.2 Å². The molecule has 0 bridgehead atoms. The van der Waals surface area contributed by atoms with Gasteiger partial charge in [0.25, 0.3) is 23.6 Å². The topological polar surface area (TPSA) is 344 Å². The third kappa shape index (κ3) is 23.1. The van der Waals surface area contributed by atoms with Gasteiger partial charge in [0.15, 0.2) is 5.82 Å². The molecule has 0 radical (unpaired) electrons. The summed E-state index contributed by atoms with van der Waals surface area (Å²) in [7, 11) is 1.71. The van der Waals surface area contributed by atoms with E-state index in [0.29, 0.717) is 39.1 Å². The lowest BCUT2D eigenvalue weighted by Crippen LogP contribution is -2.14. The Hall–Kier alpha value is -12.7. The van der Waals surface area contributed by atoms with E-state index in [1.54, 1.807) is 65.7 Å². The number of pyridine rings is 2. The maximum Gasteiger partial charge on any atom is 0.267 e. The van der Waals surface area contributed by atoms with Crippen LogP contribution in [-0.4, -0.2) is 130 Å². The summed E-state index contributed by atoms with van der Waals surface area (Å²) in [5.74, 6) is 1.45. The molecule has 25 heteroatoms. The molecule has 110 heavy (non-hydrogen) atoms. The van der Waals surface area contributed by atoms with Gasteiger partial charge in [0.2, 0.25) is 0 Å². The predicted molar refractivity (Wildman–Crippen MR) is 423 cm³/mol. The highest BCUT2D eigenvalue weighted by Crippen LogP contribution is 2.28. The molecular weight excluding hydrogens is 1390 g/mol. The minimum absolute atomic E-state index is 0.0957. The lowest BCUT2D eigenvalue weighted by molar-refractivity contribution is -0.124. The molecule has 10 N–H and O–H groups in total. The van der Waals surface area contributed by atoms with Crippen LogP contribution in [0.1, 0.15) is 81.4 Å². The number of carbonyl (C=O) groups is 4. The van der Waals surface area contributed by atoms with Gasteiger partial charge in [0.05, 0.1) is 56.4 Å². The van der Waals surface area contributed by atoms with E-state index in [9.17, 15) is 29.4 Å². The molecule has 7 aromatic carbocycles. The van der Waals surface area contributed by atoms with E-state index >= 15 is 0 Å². The summed E-state index contributed by atoms with van der Waals surface area (Å²) in [6.45, 7) is 3.75. The summed E-state index contributed by atoms with van der Waals surface area (Å²) in [6.07, 6.45) is 22.5. The lowest BCUT2D eigenvalue weighted by Gasteiger charge is -2.09. The van der Waals surface area contributed by atoms with E-state index in [-0.39, 0.29) is 13.2 Å². The van der Waals surface area contributed by atoms with Crippen molar-refractivity contribution in [2.75, 3.05) is 26.9 Å². The highest BCUT2D eigenvalue weighted by Gasteiger charge is 2.18. The molecule has 0 saturated heterocycles. The van der Waals surface area contributed by atoms with Crippen LogP contribution in [0.5, 0.6) is 0 Å². The van der Waals surface area contributed by atoms with Crippen molar-refractivity contribution >= 4 is 92.1 Å². The first-order chi connectivity index (χ1) is 53.9. The molecule has 25 nitrogen and oxygen atoms in total. The Morgan fingerprint density at radius 2 is 0.727 bits per heavy atom. The standard InChI is InChI=1S/C24H22N4O2.C22H25N3O3.C21H23N3O3.C18H18N4O3/c29-24(27-30)14-11-19-9-12-22-21(16-19)26-23(13-10-18-6-2-1-3-7-18)28(22)17-20-8-4-5-15-25-20;1-28-15-5-14-25-20-11-8-18(10-13-22(26)24-27)16-19(20)23-21(25)12-9-17-6-3-2-4-7-17;25-14-4-13-24-19-10-7-17(9-12-21(26)23-27)15-18(19)22-20(24)11-8-16-5-2-1-3-6-16;23-11-3-10-22-16-7-5-13(6-8-17(24)21-25)12-15(16)20-18(22)14-4-1-2-9-19-14/h1-9,11-12,14-16,30H,10,13,17H2,(H,27,29);2-4,6-8,10-11,13,16,27H,5,9,12,14-15H2,1H3,(H,24,26);1-3,5-7,9-10,12,15,25,27H,4,8,11,13-14H2,(H,23,26);1-2,4-9,12,23,25H,3,10-11H2,(H,21,24)/b14-11+;13-10+;12-9+;8-6+. The normalized spacial score (nSPS) is 11.3. The van der Waals surface area contributed by atoms with Crippen molar-refractivity contribution in [3.8, 4) is 11.5 Å². The maximum atomic E-state index is 11.3. The maximum absolute atomic E-state index is 11.3. The third-order valence-electron chi connectivity index (χ3n) is 17.7. The molecule has 0 saturated carbocycles. The molecule has 0 aliphatic rings. The van der Waals surface area contributed by atoms with Gasteiger partial charge in [-0.2, -0.15) is 0 Å². The van der Waals surface area contributed by atoms with Crippen molar-refractivity contribution in [1.82, 2.24) is 70.1 Å². The van der Waals surface area contributed by atoms with Crippen molar-refractivity contribution in [2.24, 2.45) is 0 Å². The monoisotopic (exact) mass is 1480 g/mol. The molecule has 6 heterocycles. The van der Waals surface area contributed by atoms with Crippen LogP contribution in [0.3, 0.4) is 0 Å². The van der Waals surface area contributed by atoms with Crippen molar-refractivity contribution in [3.63, 3.8) is 0 Å². The molecule has 0 aliphatic carbocycles. The van der Waals surface area contributed by atoms with Gasteiger partial charge in [-0.05, 0) is 175 Å². The minimum Gasteiger partial charge on any atom is -0.396 e. The summed E-state index contributed by atoms with van der Waals surface area (Å²) in [6, 6.07) is 65.8. The van der Waals surface area contributed by atoms with Gasteiger partial charge >= 0.3 is 0 Å². The molecule has 4 amide bonds. The average Bonchev–Trinajstić information content (AvgIpc) is 1.65. The number of hydrogen-bond acceptors (Lipinski definition) is 17. The van der Waals surface area contributed by atoms with Gasteiger partial charge in [0, 0.05) is 103 Å². The number of hydroxylamine groups is 4. The van der Waals surface area contributed by atoms with Gasteiger partial charge in [-0.1, -0.05) is 127 Å². The second-order valence-electron chi connectivity index (χ2n) is 25.3. The molecule has 6 aromatic heterocycles. The molecule has 0 aliphatic heterocycles. The quantitative estimate of drug-likeness (QED) is 0.00865. The lowest BCUT2D eigenvalue weighted by atomic mass is 10.1. The highest BCUT2D eigenvalue weighted by atomic mass is 16.5. The number of nitrogens with zero attached hydrogens (tertiary/aromatic N) is 10. The second kappa shape index (κ2) is 42.0. The van der Waals surface area contributed by atoms with Crippen LogP contribution in [0.25, 0.3) is 80.0 Å². The summed E-state index contributed by atoms with van der Waals surface area (Å²) < 4.78 is 13.8. The molecule has 0 unspecified atom stereocenters. The van der Waals surface area contributed by atoms with Gasteiger partial charge in [-0.3, -0.25) is 50.0 Å². The van der Waals surface area contributed by atoms with Crippen LogP contribution in [-0.2, 0) is 88.6 Å². The fourth-order valence-electron chi connectivity index (χ4n) is 12.3. The summed E-state index contributed by atoms with van der Waals surface area (Å²) >= 11 is 0. The van der Waals surface area contributed by atoms with Gasteiger partial charge < -0.3 is 33.2 Å². The molecule has 13 aromatic rings. The number of ether oxygens (including phenoxy) is 1. The van der Waals surface area contributed by atoms with Crippen LogP contribution in [0.2, 0.25) is 0 Å². The van der Waals surface area contributed by atoms with Crippen LogP contribution in [0, 0.1) is 0 Å². The fourth-order valence-corrected chi connectivity index (χ4v) is 12.3. The van der Waals surface area contributed by atoms with Gasteiger partial charge in [-0.25, -0.2) is 41.9 Å². The number of fused-ring (bicyclic) bond motifs is 4. The number of aliphatic hydroxyl groups excluding tert-OH is 2. The van der Waals surface area contributed by atoms with E-state index in [0.717, 1.165) is 153 Å². The second-order valence-corrected chi connectivity index (χ2v) is 25.3. The first-order valence-electron chi connectivity index (χ1n) is 36.0. The zero-order chi connectivity index (χ0) is 77.2. The number of carbonyl (C=O) groups excluding carboxylic acids is 4. The number of aromatic nitrogens is 10. The van der Waals surface area contributed by atoms with E-state index in [1.807, 2.05) is 156 Å².